The molecule has 60 heavy (non-hydrogen) atoms. The normalized spacial score (nSPS) is 12.0. The summed E-state index contributed by atoms with van der Waals surface area (Å²) in [6, 6.07) is 74.3. The van der Waals surface area contributed by atoms with Gasteiger partial charge in [-0.2, -0.15) is 0 Å². The van der Waals surface area contributed by atoms with Gasteiger partial charge in [-0.05, 0) is 98.0 Å². The average Bonchev–Trinajstić information content (AvgIpc) is 3.84. The molecular weight excluding hydrogens is 729 g/mol. The minimum atomic E-state index is 0.801. The molecule has 0 radical (unpaired) electrons. The van der Waals surface area contributed by atoms with Crippen molar-refractivity contribution in [2.45, 2.75) is 0 Å². The predicted octanol–water partition coefficient (Wildman–Crippen LogP) is 14.6. The van der Waals surface area contributed by atoms with E-state index < -0.39 is 0 Å². The quantitative estimate of drug-likeness (QED) is 0.179. The molecule has 0 saturated heterocycles. The summed E-state index contributed by atoms with van der Waals surface area (Å²) in [7, 11) is 0. The van der Waals surface area contributed by atoms with E-state index in [1.165, 1.54) is 65.1 Å². The van der Waals surface area contributed by atoms with E-state index in [1.54, 1.807) is 0 Å². The molecule has 3 aromatic heterocycles. The van der Waals surface area contributed by atoms with Crippen molar-refractivity contribution in [1.82, 2.24) is 19.1 Å². The SMILES string of the molecule is c1cc(-c2nc3ccccc3nc2-n2c3ccc(-n4c5ccccc5c5c6ccccc6ccc54)cc3c3c4ccccc4ccc32)cc(-c2cccc3ccccc23)c1. The van der Waals surface area contributed by atoms with E-state index in [4.69, 9.17) is 9.97 Å². The first-order valence-corrected chi connectivity index (χ1v) is 20.5. The fraction of sp³-hybridized carbons (Fsp3) is 0. The Morgan fingerprint density at radius 1 is 0.317 bits per heavy atom. The predicted molar refractivity (Wildman–Crippen MR) is 252 cm³/mol. The largest absolute Gasteiger partial charge is 0.309 e. The third kappa shape index (κ3) is 4.79. The van der Waals surface area contributed by atoms with Crippen LogP contribution in [-0.4, -0.2) is 19.1 Å². The number of hydrogen-bond acceptors (Lipinski definition) is 2. The molecule has 4 heteroatoms. The van der Waals surface area contributed by atoms with Crippen LogP contribution in [0.3, 0.4) is 0 Å². The first kappa shape index (κ1) is 32.9. The Labute approximate surface area is 344 Å². The smallest absolute Gasteiger partial charge is 0.165 e. The molecule has 0 unspecified atom stereocenters. The van der Waals surface area contributed by atoms with E-state index in [2.05, 4.69) is 203 Å². The highest BCUT2D eigenvalue weighted by atomic mass is 15.1. The van der Waals surface area contributed by atoms with Gasteiger partial charge in [0.15, 0.2) is 5.82 Å². The summed E-state index contributed by atoms with van der Waals surface area (Å²) in [6.07, 6.45) is 0. The summed E-state index contributed by atoms with van der Waals surface area (Å²) in [5, 5.41) is 12.2. The van der Waals surface area contributed by atoms with Crippen molar-refractivity contribution in [3.8, 4) is 33.9 Å². The zero-order valence-electron chi connectivity index (χ0n) is 32.4. The van der Waals surface area contributed by atoms with Crippen LogP contribution >= 0.6 is 0 Å². The molecule has 4 nitrogen and oxygen atoms in total. The third-order valence-electron chi connectivity index (χ3n) is 12.5. The van der Waals surface area contributed by atoms with Gasteiger partial charge in [-0.15, -0.1) is 0 Å². The fourth-order valence-electron chi connectivity index (χ4n) is 9.81. The van der Waals surface area contributed by atoms with Crippen molar-refractivity contribution in [2.75, 3.05) is 0 Å². The number of benzene rings is 10. The topological polar surface area (TPSA) is 35.6 Å². The second-order valence-corrected chi connectivity index (χ2v) is 15.7. The van der Waals surface area contributed by atoms with Crippen LogP contribution in [0.25, 0.3) is 121 Å². The Kier molecular flexibility index (Phi) is 6.98. The second kappa shape index (κ2) is 12.7. The van der Waals surface area contributed by atoms with Gasteiger partial charge in [-0.1, -0.05) is 152 Å². The number of hydrogen-bond donors (Lipinski definition) is 0. The molecule has 0 fully saturated rings. The van der Waals surface area contributed by atoms with Gasteiger partial charge in [0.2, 0.25) is 0 Å². The van der Waals surface area contributed by atoms with E-state index >= 15 is 0 Å². The molecule has 0 spiro atoms. The monoisotopic (exact) mass is 762 g/mol. The summed E-state index contributed by atoms with van der Waals surface area (Å²) < 4.78 is 4.78. The van der Waals surface area contributed by atoms with Gasteiger partial charge in [0.25, 0.3) is 0 Å². The van der Waals surface area contributed by atoms with Crippen LogP contribution in [0.2, 0.25) is 0 Å². The fourth-order valence-corrected chi connectivity index (χ4v) is 9.81. The standard InChI is InChI=1S/C56H34N4/c1-4-19-41-35(13-1)16-12-23-42(41)38-17-11-18-39(33-38)55-56(58-48-25-9-8-24-47(48)57-55)60-50-32-29-40(34-46(50)54-44-21-6-3-15-37(44)28-31-52(54)60)59-49-26-10-7-22-45(49)53-43-20-5-2-14-36(43)27-30-51(53)59/h1-34H. The van der Waals surface area contributed by atoms with Crippen LogP contribution in [0, 0.1) is 0 Å². The Morgan fingerprint density at radius 2 is 0.850 bits per heavy atom. The van der Waals surface area contributed by atoms with Crippen molar-refractivity contribution in [1.29, 1.82) is 0 Å². The summed E-state index contributed by atoms with van der Waals surface area (Å²) >= 11 is 0. The van der Waals surface area contributed by atoms with Crippen LogP contribution in [0.15, 0.2) is 206 Å². The van der Waals surface area contributed by atoms with Crippen molar-refractivity contribution >= 4 is 87.0 Å². The van der Waals surface area contributed by atoms with Gasteiger partial charge in [0.1, 0.15) is 5.69 Å². The molecule has 0 bridgehead atoms. The van der Waals surface area contributed by atoms with Gasteiger partial charge in [0, 0.05) is 32.8 Å². The van der Waals surface area contributed by atoms with Gasteiger partial charge in [0.05, 0.1) is 33.1 Å². The number of para-hydroxylation sites is 3. The maximum absolute atomic E-state index is 5.51. The minimum Gasteiger partial charge on any atom is -0.309 e. The average molecular weight is 763 g/mol. The molecule has 10 aromatic carbocycles. The van der Waals surface area contributed by atoms with E-state index in [9.17, 15) is 0 Å². The lowest BCUT2D eigenvalue weighted by Crippen LogP contribution is -2.04. The Bertz CT molecular complexity index is 3900. The minimum absolute atomic E-state index is 0.801. The summed E-state index contributed by atoms with van der Waals surface area (Å²) in [5.74, 6) is 0.801. The summed E-state index contributed by atoms with van der Waals surface area (Å²) in [5.41, 5.74) is 11.6. The van der Waals surface area contributed by atoms with Crippen LogP contribution in [-0.2, 0) is 0 Å². The van der Waals surface area contributed by atoms with Crippen LogP contribution in [0.1, 0.15) is 0 Å². The Balaban J connectivity index is 1.11. The maximum atomic E-state index is 5.51. The highest BCUT2D eigenvalue weighted by Gasteiger charge is 2.23. The molecule has 0 aliphatic carbocycles. The van der Waals surface area contributed by atoms with E-state index in [-0.39, 0.29) is 0 Å². The van der Waals surface area contributed by atoms with Crippen LogP contribution in [0.4, 0.5) is 0 Å². The molecule has 0 N–H and O–H groups in total. The molecule has 0 saturated carbocycles. The number of fused-ring (bicyclic) bond motifs is 12. The number of aromatic nitrogens is 4. The molecule has 0 aliphatic rings. The zero-order valence-corrected chi connectivity index (χ0v) is 32.4. The summed E-state index contributed by atoms with van der Waals surface area (Å²) in [4.78, 5) is 10.9. The van der Waals surface area contributed by atoms with Crippen LogP contribution in [0.5, 0.6) is 0 Å². The summed E-state index contributed by atoms with van der Waals surface area (Å²) in [6.45, 7) is 0. The lowest BCUT2D eigenvalue weighted by molar-refractivity contribution is 1.08. The van der Waals surface area contributed by atoms with Crippen molar-refractivity contribution in [3.05, 3.63) is 206 Å². The third-order valence-corrected chi connectivity index (χ3v) is 12.5. The molecule has 3 heterocycles. The Morgan fingerprint density at radius 3 is 1.62 bits per heavy atom. The van der Waals surface area contributed by atoms with Crippen molar-refractivity contribution in [3.63, 3.8) is 0 Å². The van der Waals surface area contributed by atoms with Gasteiger partial charge in [-0.3, -0.25) is 4.57 Å². The molecular formula is C56H34N4. The zero-order chi connectivity index (χ0) is 39.3. The lowest BCUT2D eigenvalue weighted by Gasteiger charge is -2.15. The lowest BCUT2D eigenvalue weighted by atomic mass is 9.96. The number of nitrogens with zero attached hydrogens (tertiary/aromatic N) is 4. The number of rotatable bonds is 4. The second-order valence-electron chi connectivity index (χ2n) is 15.7. The van der Waals surface area contributed by atoms with Gasteiger partial charge >= 0.3 is 0 Å². The van der Waals surface area contributed by atoms with Crippen LogP contribution < -0.4 is 0 Å². The molecule has 0 atom stereocenters. The highest BCUT2D eigenvalue weighted by Crippen LogP contribution is 2.43. The van der Waals surface area contributed by atoms with Crippen molar-refractivity contribution < 1.29 is 0 Å². The molecule has 0 amide bonds. The van der Waals surface area contributed by atoms with Gasteiger partial charge in [-0.25, -0.2) is 9.97 Å². The molecule has 0 aliphatic heterocycles. The first-order valence-electron chi connectivity index (χ1n) is 20.5. The van der Waals surface area contributed by atoms with Crippen molar-refractivity contribution in [2.24, 2.45) is 0 Å². The molecule has 278 valence electrons. The van der Waals surface area contributed by atoms with E-state index in [0.29, 0.717) is 0 Å². The van der Waals surface area contributed by atoms with E-state index in [1.807, 2.05) is 12.1 Å². The Hall–Kier alpha value is -8.08. The molecule has 13 aromatic rings. The first-order chi connectivity index (χ1) is 29.8. The van der Waals surface area contributed by atoms with Gasteiger partial charge < -0.3 is 4.57 Å². The molecule has 13 rings (SSSR count). The maximum Gasteiger partial charge on any atom is 0.165 e. The van der Waals surface area contributed by atoms with E-state index in [0.717, 1.165) is 55.8 Å². The highest BCUT2D eigenvalue weighted by molar-refractivity contribution is 6.23.